The Morgan fingerprint density at radius 3 is 2.25 bits per heavy atom. The fourth-order valence-electron chi connectivity index (χ4n) is 3.46. The number of anilines is 1. The van der Waals surface area contributed by atoms with Crippen molar-refractivity contribution >= 4 is 31.5 Å². The molecule has 1 unspecified atom stereocenters. The van der Waals surface area contributed by atoms with E-state index in [2.05, 4.69) is 30.6 Å². The molecule has 1 atom stereocenters. The first-order chi connectivity index (χ1) is 13.2. The van der Waals surface area contributed by atoms with E-state index in [0.29, 0.717) is 5.82 Å². The van der Waals surface area contributed by atoms with Crippen LogP contribution in [0, 0.1) is 0 Å². The van der Waals surface area contributed by atoms with Gasteiger partial charge < -0.3 is 5.32 Å². The van der Waals surface area contributed by atoms with Crippen LogP contribution in [0.15, 0.2) is 56.3 Å². The zero-order valence-electron chi connectivity index (χ0n) is 15.2. The summed E-state index contributed by atoms with van der Waals surface area (Å²) >= 11 is 3.38. The summed E-state index contributed by atoms with van der Waals surface area (Å²) in [5, 5.41) is 3.14. The molecule has 0 aliphatic heterocycles. The van der Waals surface area contributed by atoms with E-state index in [0.717, 1.165) is 47.3 Å². The molecule has 1 aliphatic rings. The lowest BCUT2D eigenvalue weighted by molar-refractivity contribution is -0.137. The minimum absolute atomic E-state index is 0.0442. The van der Waals surface area contributed by atoms with Crippen molar-refractivity contribution in [3.63, 3.8) is 0 Å². The van der Waals surface area contributed by atoms with E-state index in [1.807, 2.05) is 24.3 Å². The molecule has 1 aromatic heterocycles. The van der Waals surface area contributed by atoms with Gasteiger partial charge in [0, 0.05) is 33.9 Å². The molecule has 1 fully saturated rings. The van der Waals surface area contributed by atoms with Gasteiger partial charge >= 0.3 is 6.18 Å². The van der Waals surface area contributed by atoms with Crippen molar-refractivity contribution < 1.29 is 17.4 Å². The molecule has 1 N–H and O–H groups in total. The number of nitrogens with zero attached hydrogens (tertiary/aromatic N) is 2. The molecule has 1 aromatic carbocycles. The summed E-state index contributed by atoms with van der Waals surface area (Å²) in [5.41, 5.74) is -0.763. The molecule has 0 saturated heterocycles. The van der Waals surface area contributed by atoms with Crippen LogP contribution in [-0.2, 0) is 15.9 Å². The third-order valence-electron chi connectivity index (χ3n) is 4.99. The molecule has 0 radical (unpaired) electrons. The van der Waals surface area contributed by atoms with Crippen molar-refractivity contribution in [1.29, 1.82) is 0 Å². The van der Waals surface area contributed by atoms with Crippen LogP contribution in [0.25, 0.3) is 0 Å². The van der Waals surface area contributed by atoms with Gasteiger partial charge in [0.25, 0.3) is 0 Å². The van der Waals surface area contributed by atoms with Gasteiger partial charge in [-0.1, -0.05) is 15.9 Å². The summed E-state index contributed by atoms with van der Waals surface area (Å²) in [6.07, 6.45) is -0.577. The third-order valence-corrected chi connectivity index (χ3v) is 8.39. The molecule has 152 valence electrons. The van der Waals surface area contributed by atoms with Gasteiger partial charge in [-0.3, -0.25) is 0 Å². The van der Waals surface area contributed by atoms with E-state index in [1.54, 1.807) is 7.05 Å². The number of alkyl halides is 3. The maximum absolute atomic E-state index is 13.5. The molecule has 1 aliphatic carbocycles. The van der Waals surface area contributed by atoms with E-state index in [1.165, 1.54) is 6.07 Å². The van der Waals surface area contributed by atoms with Gasteiger partial charge in [-0.2, -0.15) is 13.2 Å². The standard InChI is InChI=1S/C19H21BrF3N3OS/c1-24-28(27,16-7-3-14(20)4-8-16)17-9-5-15(6-10-17)26-18-11-2-13(12-25-18)19(21,22)23/h2-4,7-8,11-12,15,17H,5-6,9-10H2,1H3,(H,25,26). The van der Waals surface area contributed by atoms with E-state index in [-0.39, 0.29) is 11.3 Å². The SMILES string of the molecule is CN=S(=O)(c1ccc(Br)cc1)C1CCC(Nc2ccc(C(F)(F)F)cn2)CC1. The van der Waals surface area contributed by atoms with Gasteiger partial charge in [0.2, 0.25) is 0 Å². The van der Waals surface area contributed by atoms with E-state index < -0.39 is 21.5 Å². The summed E-state index contributed by atoms with van der Waals surface area (Å²) in [5.74, 6) is 0.422. The van der Waals surface area contributed by atoms with E-state index in [4.69, 9.17) is 0 Å². The van der Waals surface area contributed by atoms with Gasteiger partial charge in [0.1, 0.15) is 5.82 Å². The largest absolute Gasteiger partial charge is 0.417 e. The highest BCUT2D eigenvalue weighted by molar-refractivity contribution is 9.10. The van der Waals surface area contributed by atoms with E-state index >= 15 is 0 Å². The van der Waals surface area contributed by atoms with Gasteiger partial charge in [-0.15, -0.1) is 0 Å². The number of benzene rings is 1. The summed E-state index contributed by atoms with van der Waals surface area (Å²) in [7, 11) is -0.909. The van der Waals surface area contributed by atoms with Crippen molar-refractivity contribution in [2.24, 2.45) is 4.36 Å². The summed E-state index contributed by atoms with van der Waals surface area (Å²) in [6, 6.07) is 9.88. The molecule has 1 saturated carbocycles. The Labute approximate surface area is 171 Å². The second kappa shape index (κ2) is 8.41. The fraction of sp³-hybridized carbons (Fsp3) is 0.421. The van der Waals surface area contributed by atoms with Crippen molar-refractivity contribution in [2.75, 3.05) is 12.4 Å². The average molecular weight is 476 g/mol. The van der Waals surface area contributed by atoms with Crippen LogP contribution >= 0.6 is 15.9 Å². The molecule has 0 bridgehead atoms. The monoisotopic (exact) mass is 475 g/mol. The molecule has 0 spiro atoms. The molecule has 2 aromatic rings. The normalized spacial score (nSPS) is 22.3. The summed E-state index contributed by atoms with van der Waals surface area (Å²) in [6.45, 7) is 0. The number of aromatic nitrogens is 1. The number of rotatable bonds is 4. The van der Waals surface area contributed by atoms with Crippen molar-refractivity contribution in [3.05, 3.63) is 52.6 Å². The third kappa shape index (κ3) is 4.68. The highest BCUT2D eigenvalue weighted by Gasteiger charge is 2.32. The van der Waals surface area contributed by atoms with Crippen LogP contribution in [0.1, 0.15) is 31.2 Å². The quantitative estimate of drug-likeness (QED) is 0.612. The minimum Gasteiger partial charge on any atom is -0.367 e. The first-order valence-corrected chi connectivity index (χ1v) is 11.3. The predicted molar refractivity (Wildman–Crippen MR) is 108 cm³/mol. The first-order valence-electron chi connectivity index (χ1n) is 8.92. The second-order valence-electron chi connectivity index (χ2n) is 6.75. The lowest BCUT2D eigenvalue weighted by Crippen LogP contribution is -2.33. The highest BCUT2D eigenvalue weighted by atomic mass is 79.9. The van der Waals surface area contributed by atoms with Gasteiger partial charge in [-0.05, 0) is 62.1 Å². The van der Waals surface area contributed by atoms with Gasteiger partial charge in [0.05, 0.1) is 15.3 Å². The Kier molecular flexibility index (Phi) is 6.34. The molecule has 3 rings (SSSR count). The lowest BCUT2D eigenvalue weighted by atomic mass is 9.95. The Morgan fingerprint density at radius 1 is 1.11 bits per heavy atom. The summed E-state index contributed by atoms with van der Waals surface area (Å²) < 4.78 is 56.6. The van der Waals surface area contributed by atoms with Crippen molar-refractivity contribution in [1.82, 2.24) is 4.98 Å². The molecule has 1 heterocycles. The number of hydrogen-bond donors (Lipinski definition) is 1. The minimum atomic E-state index is -4.39. The van der Waals surface area contributed by atoms with Crippen LogP contribution in [0.2, 0.25) is 0 Å². The maximum Gasteiger partial charge on any atom is 0.417 e. The molecule has 0 amide bonds. The first kappa shape index (κ1) is 21.1. The van der Waals surface area contributed by atoms with Crippen LogP contribution < -0.4 is 5.32 Å². The predicted octanol–water partition coefficient (Wildman–Crippen LogP) is 5.74. The Hall–Kier alpha value is -1.61. The molecule has 9 heteroatoms. The van der Waals surface area contributed by atoms with Crippen LogP contribution in [0.4, 0.5) is 19.0 Å². The highest BCUT2D eigenvalue weighted by Crippen LogP contribution is 2.33. The van der Waals surface area contributed by atoms with Crippen LogP contribution in [-0.4, -0.2) is 27.5 Å². The second-order valence-corrected chi connectivity index (χ2v) is 10.3. The molecular formula is C19H21BrF3N3OS. The fourth-order valence-corrected chi connectivity index (χ4v) is 6.05. The maximum atomic E-state index is 13.5. The Balaban J connectivity index is 1.64. The smallest absolute Gasteiger partial charge is 0.367 e. The lowest BCUT2D eigenvalue weighted by Gasteiger charge is -2.31. The Bertz CT molecular complexity index is 915. The van der Waals surface area contributed by atoms with Crippen molar-refractivity contribution in [3.8, 4) is 0 Å². The van der Waals surface area contributed by atoms with Gasteiger partial charge in [-0.25, -0.2) is 13.6 Å². The van der Waals surface area contributed by atoms with E-state index in [9.17, 15) is 17.4 Å². The topological polar surface area (TPSA) is 54.4 Å². The molecular weight excluding hydrogens is 455 g/mol. The average Bonchev–Trinajstić information content (AvgIpc) is 2.68. The summed E-state index contributed by atoms with van der Waals surface area (Å²) in [4.78, 5) is 4.60. The zero-order valence-corrected chi connectivity index (χ0v) is 17.6. The van der Waals surface area contributed by atoms with Crippen molar-refractivity contribution in [2.45, 2.75) is 48.0 Å². The molecule has 28 heavy (non-hydrogen) atoms. The van der Waals surface area contributed by atoms with Gasteiger partial charge in [0.15, 0.2) is 0 Å². The molecule has 4 nitrogen and oxygen atoms in total. The van der Waals surface area contributed by atoms with Crippen LogP contribution in [0.5, 0.6) is 0 Å². The number of pyridine rings is 1. The van der Waals surface area contributed by atoms with Crippen LogP contribution in [0.3, 0.4) is 0 Å². The zero-order chi connectivity index (χ0) is 20.4. The Morgan fingerprint density at radius 2 is 1.75 bits per heavy atom. The number of hydrogen-bond acceptors (Lipinski definition) is 4. The number of halogens is 4. The number of nitrogens with one attached hydrogen (secondary N) is 1.